The molecule has 0 aliphatic carbocycles. The first-order valence-corrected chi connectivity index (χ1v) is 7.05. The summed E-state index contributed by atoms with van der Waals surface area (Å²) in [5, 5.41) is 10.6. The molecule has 1 unspecified atom stereocenters. The normalized spacial score (nSPS) is 20.0. The molecule has 1 amide bonds. The quantitative estimate of drug-likeness (QED) is 0.864. The van der Waals surface area contributed by atoms with Gasteiger partial charge in [-0.2, -0.15) is 5.10 Å². The lowest BCUT2D eigenvalue weighted by Crippen LogP contribution is -2.52. The molecule has 0 bridgehead atoms. The van der Waals surface area contributed by atoms with Crippen LogP contribution in [0, 0.1) is 5.41 Å². The van der Waals surface area contributed by atoms with E-state index in [1.54, 1.807) is 10.9 Å². The highest BCUT2D eigenvalue weighted by Crippen LogP contribution is 2.29. The standard InChI is InChI=1S/C14H24N4O.2ClH/c1-14(2)6-3-7-15-12(14)11-16-13(19)5-10-18-9-4-8-17-18;;/h4,8-9,12,15H,3,5-7,10-11H2,1-2H3,(H,16,19);2*1H. The van der Waals surface area contributed by atoms with Crippen LogP contribution in [0.1, 0.15) is 33.1 Å². The minimum absolute atomic E-state index is 0. The number of nitrogens with one attached hydrogen (secondary N) is 2. The van der Waals surface area contributed by atoms with Crippen molar-refractivity contribution in [1.82, 2.24) is 20.4 Å². The molecule has 21 heavy (non-hydrogen) atoms. The molecule has 1 aromatic rings. The van der Waals surface area contributed by atoms with E-state index in [4.69, 9.17) is 0 Å². The number of aryl methyl sites for hydroxylation is 1. The van der Waals surface area contributed by atoms with E-state index < -0.39 is 0 Å². The Labute approximate surface area is 139 Å². The Kier molecular flexibility index (Phi) is 8.94. The van der Waals surface area contributed by atoms with Crippen molar-refractivity contribution in [3.8, 4) is 0 Å². The minimum atomic E-state index is 0. The van der Waals surface area contributed by atoms with Crippen LogP contribution in [0.5, 0.6) is 0 Å². The van der Waals surface area contributed by atoms with Gasteiger partial charge in [-0.3, -0.25) is 9.48 Å². The van der Waals surface area contributed by atoms with Crippen LogP contribution < -0.4 is 10.6 Å². The minimum Gasteiger partial charge on any atom is -0.354 e. The maximum absolute atomic E-state index is 11.8. The number of hydrogen-bond donors (Lipinski definition) is 2. The van der Waals surface area contributed by atoms with Crippen LogP contribution in [-0.2, 0) is 11.3 Å². The van der Waals surface area contributed by atoms with E-state index in [2.05, 4.69) is 29.6 Å². The van der Waals surface area contributed by atoms with Crippen LogP contribution in [0.4, 0.5) is 0 Å². The first-order chi connectivity index (χ1) is 9.08. The first-order valence-electron chi connectivity index (χ1n) is 7.05. The molecule has 0 radical (unpaired) electrons. The fraction of sp³-hybridized carbons (Fsp3) is 0.714. The van der Waals surface area contributed by atoms with Crippen LogP contribution in [0.15, 0.2) is 18.5 Å². The molecular weight excluding hydrogens is 311 g/mol. The average Bonchev–Trinajstić information content (AvgIpc) is 2.87. The number of amides is 1. The second-order valence-electron chi connectivity index (χ2n) is 5.92. The smallest absolute Gasteiger partial charge is 0.221 e. The molecule has 0 spiro atoms. The molecule has 122 valence electrons. The van der Waals surface area contributed by atoms with E-state index in [-0.39, 0.29) is 36.1 Å². The van der Waals surface area contributed by atoms with Crippen LogP contribution in [0.2, 0.25) is 0 Å². The molecular formula is C14H26Cl2N4O. The van der Waals surface area contributed by atoms with E-state index in [0.717, 1.165) is 6.54 Å². The second kappa shape index (κ2) is 9.28. The third-order valence-corrected chi connectivity index (χ3v) is 3.96. The lowest BCUT2D eigenvalue weighted by Gasteiger charge is -2.39. The number of nitrogens with zero attached hydrogens (tertiary/aromatic N) is 2. The number of hydrogen-bond acceptors (Lipinski definition) is 3. The second-order valence-corrected chi connectivity index (χ2v) is 5.92. The Hall–Kier alpha value is -0.780. The van der Waals surface area contributed by atoms with E-state index in [9.17, 15) is 4.79 Å². The van der Waals surface area contributed by atoms with Crippen molar-refractivity contribution in [3.63, 3.8) is 0 Å². The Balaban J connectivity index is 0.00000200. The topological polar surface area (TPSA) is 58.9 Å². The van der Waals surface area contributed by atoms with Gasteiger partial charge in [0.1, 0.15) is 0 Å². The largest absolute Gasteiger partial charge is 0.354 e. The summed E-state index contributed by atoms with van der Waals surface area (Å²) in [4.78, 5) is 11.8. The van der Waals surface area contributed by atoms with Crippen LogP contribution in [0.3, 0.4) is 0 Å². The lowest BCUT2D eigenvalue weighted by molar-refractivity contribution is -0.121. The first kappa shape index (κ1) is 20.2. The van der Waals surface area contributed by atoms with Gasteiger partial charge >= 0.3 is 0 Å². The summed E-state index contributed by atoms with van der Waals surface area (Å²) >= 11 is 0. The summed E-state index contributed by atoms with van der Waals surface area (Å²) in [6.45, 7) is 6.93. The summed E-state index contributed by atoms with van der Waals surface area (Å²) in [7, 11) is 0. The van der Waals surface area contributed by atoms with Crippen molar-refractivity contribution in [2.45, 2.75) is 45.7 Å². The zero-order valence-corrected chi connectivity index (χ0v) is 14.3. The molecule has 1 fully saturated rings. The third-order valence-electron chi connectivity index (χ3n) is 3.96. The van der Waals surface area contributed by atoms with Crippen molar-refractivity contribution in [1.29, 1.82) is 0 Å². The van der Waals surface area contributed by atoms with E-state index in [1.165, 1.54) is 12.8 Å². The average molecular weight is 337 g/mol. The molecule has 1 aromatic heterocycles. The van der Waals surface area contributed by atoms with Crippen LogP contribution >= 0.6 is 24.8 Å². The number of piperidine rings is 1. The maximum Gasteiger partial charge on any atom is 0.221 e. The van der Waals surface area contributed by atoms with Crippen LogP contribution in [-0.4, -0.2) is 34.8 Å². The van der Waals surface area contributed by atoms with Crippen molar-refractivity contribution >= 4 is 30.7 Å². The molecule has 2 rings (SSSR count). The van der Waals surface area contributed by atoms with Gasteiger partial charge in [-0.1, -0.05) is 13.8 Å². The predicted octanol–water partition coefficient (Wildman–Crippen LogP) is 2.01. The highest BCUT2D eigenvalue weighted by atomic mass is 35.5. The monoisotopic (exact) mass is 336 g/mol. The number of carbonyl (C=O) groups excluding carboxylic acids is 1. The van der Waals surface area contributed by atoms with Gasteiger partial charge in [-0.05, 0) is 30.9 Å². The van der Waals surface area contributed by atoms with Gasteiger partial charge in [-0.25, -0.2) is 0 Å². The lowest BCUT2D eigenvalue weighted by atomic mass is 9.77. The molecule has 1 atom stereocenters. The van der Waals surface area contributed by atoms with E-state index >= 15 is 0 Å². The highest BCUT2D eigenvalue weighted by molar-refractivity contribution is 5.85. The van der Waals surface area contributed by atoms with Crippen molar-refractivity contribution in [3.05, 3.63) is 18.5 Å². The summed E-state index contributed by atoms with van der Waals surface area (Å²) in [6, 6.07) is 2.24. The predicted molar refractivity (Wildman–Crippen MR) is 89.2 cm³/mol. The molecule has 1 aliphatic heterocycles. The SMILES string of the molecule is CC1(C)CCCNC1CNC(=O)CCn1cccn1.Cl.Cl. The van der Waals surface area contributed by atoms with Gasteiger partial charge in [0.15, 0.2) is 0 Å². The summed E-state index contributed by atoms with van der Waals surface area (Å²) in [6.07, 6.45) is 6.52. The van der Waals surface area contributed by atoms with Gasteiger partial charge in [0.2, 0.25) is 5.91 Å². The number of rotatable bonds is 5. The summed E-state index contributed by atoms with van der Waals surface area (Å²) in [5.41, 5.74) is 0.257. The van der Waals surface area contributed by atoms with Gasteiger partial charge in [-0.15, -0.1) is 24.8 Å². The molecule has 0 aromatic carbocycles. The molecule has 0 saturated carbocycles. The van der Waals surface area contributed by atoms with Gasteiger partial charge in [0.25, 0.3) is 0 Å². The molecule has 2 N–H and O–H groups in total. The Morgan fingerprint density at radius 1 is 1.48 bits per heavy atom. The Morgan fingerprint density at radius 3 is 2.86 bits per heavy atom. The molecule has 7 heteroatoms. The van der Waals surface area contributed by atoms with E-state index in [1.807, 2.05) is 12.3 Å². The zero-order chi connectivity index (χ0) is 13.7. The number of aromatic nitrogens is 2. The van der Waals surface area contributed by atoms with Gasteiger partial charge < -0.3 is 10.6 Å². The fourth-order valence-corrected chi connectivity index (χ4v) is 2.57. The van der Waals surface area contributed by atoms with Crippen molar-refractivity contribution < 1.29 is 4.79 Å². The molecule has 5 nitrogen and oxygen atoms in total. The third kappa shape index (κ3) is 6.24. The van der Waals surface area contributed by atoms with Gasteiger partial charge in [0.05, 0.1) is 0 Å². The summed E-state index contributed by atoms with van der Waals surface area (Å²) in [5.74, 6) is 0.0960. The van der Waals surface area contributed by atoms with E-state index in [0.29, 0.717) is 25.6 Å². The fourth-order valence-electron chi connectivity index (χ4n) is 2.57. The molecule has 1 saturated heterocycles. The molecule has 2 heterocycles. The van der Waals surface area contributed by atoms with Crippen molar-refractivity contribution in [2.75, 3.05) is 13.1 Å². The Bertz CT molecular complexity index is 409. The summed E-state index contributed by atoms with van der Waals surface area (Å²) < 4.78 is 1.78. The maximum atomic E-state index is 11.8. The number of carbonyl (C=O) groups is 1. The molecule has 1 aliphatic rings. The highest BCUT2D eigenvalue weighted by Gasteiger charge is 2.31. The van der Waals surface area contributed by atoms with Gasteiger partial charge in [0, 0.05) is 37.9 Å². The zero-order valence-electron chi connectivity index (χ0n) is 12.7. The number of halogens is 2. The Morgan fingerprint density at radius 2 is 2.24 bits per heavy atom. The van der Waals surface area contributed by atoms with Crippen molar-refractivity contribution in [2.24, 2.45) is 5.41 Å². The van der Waals surface area contributed by atoms with Crippen LogP contribution in [0.25, 0.3) is 0 Å².